The summed E-state index contributed by atoms with van der Waals surface area (Å²) in [6, 6.07) is 0. The van der Waals surface area contributed by atoms with Crippen LogP contribution in [0.15, 0.2) is 23.8 Å². The van der Waals surface area contributed by atoms with Gasteiger partial charge in [0.15, 0.2) is 5.78 Å². The summed E-state index contributed by atoms with van der Waals surface area (Å²) in [4.78, 5) is 11.3. The van der Waals surface area contributed by atoms with E-state index in [1.54, 1.807) is 6.92 Å². The van der Waals surface area contributed by atoms with Gasteiger partial charge < -0.3 is 4.74 Å². The first-order valence-corrected chi connectivity index (χ1v) is 5.14. The van der Waals surface area contributed by atoms with E-state index in [-0.39, 0.29) is 5.78 Å². The zero-order valence-corrected chi connectivity index (χ0v) is 8.58. The van der Waals surface area contributed by atoms with Crippen molar-refractivity contribution in [3.8, 4) is 0 Å². The SMILES string of the molecule is C=C1CC(C(C)=O)=CCC2COCC12. The lowest BCUT2D eigenvalue weighted by Crippen LogP contribution is -2.12. The Kier molecular flexibility index (Phi) is 2.55. The maximum atomic E-state index is 11.3. The van der Waals surface area contributed by atoms with E-state index in [2.05, 4.69) is 12.7 Å². The summed E-state index contributed by atoms with van der Waals surface area (Å²) in [5, 5.41) is 0. The molecule has 2 heteroatoms. The van der Waals surface area contributed by atoms with Crippen LogP contribution in [0.4, 0.5) is 0 Å². The minimum absolute atomic E-state index is 0.187. The fourth-order valence-corrected chi connectivity index (χ4v) is 2.29. The molecule has 2 aliphatic rings. The Morgan fingerprint density at radius 2 is 2.36 bits per heavy atom. The van der Waals surface area contributed by atoms with E-state index in [4.69, 9.17) is 4.74 Å². The van der Waals surface area contributed by atoms with Gasteiger partial charge in [-0.15, -0.1) is 0 Å². The molecule has 0 saturated carbocycles. The molecule has 2 rings (SSSR count). The molecule has 1 aliphatic heterocycles. The first kappa shape index (κ1) is 9.66. The van der Waals surface area contributed by atoms with E-state index in [1.165, 1.54) is 5.57 Å². The number of carbonyl (C=O) groups is 1. The largest absolute Gasteiger partial charge is 0.380 e. The van der Waals surface area contributed by atoms with E-state index in [0.717, 1.165) is 31.6 Å². The third-order valence-electron chi connectivity index (χ3n) is 3.26. The van der Waals surface area contributed by atoms with Crippen LogP contribution < -0.4 is 0 Å². The highest BCUT2D eigenvalue weighted by atomic mass is 16.5. The summed E-state index contributed by atoms with van der Waals surface area (Å²) in [7, 11) is 0. The average Bonchev–Trinajstić information content (AvgIpc) is 2.54. The fourth-order valence-electron chi connectivity index (χ4n) is 2.29. The first-order chi connectivity index (χ1) is 6.68. The number of allylic oxidation sites excluding steroid dienone is 2. The number of ketones is 1. The summed E-state index contributed by atoms with van der Waals surface area (Å²) in [5.74, 6) is 1.22. The van der Waals surface area contributed by atoms with Crippen LogP contribution in [0.5, 0.6) is 0 Å². The summed E-state index contributed by atoms with van der Waals surface area (Å²) in [6.45, 7) is 7.33. The quantitative estimate of drug-likeness (QED) is 0.595. The van der Waals surface area contributed by atoms with Crippen LogP contribution in [0, 0.1) is 11.8 Å². The highest BCUT2D eigenvalue weighted by Gasteiger charge is 2.32. The van der Waals surface area contributed by atoms with Crippen molar-refractivity contribution < 1.29 is 9.53 Å². The monoisotopic (exact) mass is 192 g/mol. The zero-order valence-electron chi connectivity index (χ0n) is 8.58. The molecule has 0 N–H and O–H groups in total. The molecule has 0 spiro atoms. The second kappa shape index (κ2) is 3.70. The molecular formula is C12H16O2. The molecular weight excluding hydrogens is 176 g/mol. The van der Waals surface area contributed by atoms with Crippen molar-refractivity contribution in [3.05, 3.63) is 23.8 Å². The van der Waals surface area contributed by atoms with Crippen LogP contribution in [0.3, 0.4) is 0 Å². The Hall–Kier alpha value is -0.890. The van der Waals surface area contributed by atoms with Gasteiger partial charge in [0.25, 0.3) is 0 Å². The first-order valence-electron chi connectivity index (χ1n) is 5.14. The molecule has 1 fully saturated rings. The standard InChI is InChI=1S/C12H16O2/c1-8-5-10(9(2)13)3-4-11-6-14-7-12(8)11/h3,11-12H,1,4-7H2,2H3. The van der Waals surface area contributed by atoms with Crippen LogP contribution in [-0.2, 0) is 9.53 Å². The Labute approximate surface area is 84.6 Å². The molecule has 76 valence electrons. The van der Waals surface area contributed by atoms with Crippen molar-refractivity contribution in [2.45, 2.75) is 19.8 Å². The maximum Gasteiger partial charge on any atom is 0.155 e. The third kappa shape index (κ3) is 1.67. The molecule has 1 saturated heterocycles. The number of carbonyl (C=O) groups excluding carboxylic acids is 1. The molecule has 0 radical (unpaired) electrons. The normalized spacial score (nSPS) is 32.1. The predicted octanol–water partition coefficient (Wildman–Crippen LogP) is 2.11. The van der Waals surface area contributed by atoms with Crippen molar-refractivity contribution in [1.82, 2.24) is 0 Å². The van der Waals surface area contributed by atoms with Crippen molar-refractivity contribution in [3.63, 3.8) is 0 Å². The molecule has 0 amide bonds. The summed E-state index contributed by atoms with van der Waals surface area (Å²) >= 11 is 0. The molecule has 0 aromatic rings. The van der Waals surface area contributed by atoms with Gasteiger partial charge in [-0.1, -0.05) is 18.2 Å². The Morgan fingerprint density at radius 3 is 3.07 bits per heavy atom. The highest BCUT2D eigenvalue weighted by Crippen LogP contribution is 2.35. The molecule has 2 unspecified atom stereocenters. The van der Waals surface area contributed by atoms with Crippen LogP contribution in [0.25, 0.3) is 0 Å². The van der Waals surface area contributed by atoms with Gasteiger partial charge in [-0.2, -0.15) is 0 Å². The number of fused-ring (bicyclic) bond motifs is 1. The second-order valence-corrected chi connectivity index (χ2v) is 4.26. The Morgan fingerprint density at radius 1 is 1.57 bits per heavy atom. The maximum absolute atomic E-state index is 11.3. The zero-order chi connectivity index (χ0) is 10.1. The van der Waals surface area contributed by atoms with E-state index < -0.39 is 0 Å². The van der Waals surface area contributed by atoms with Crippen LogP contribution in [0.1, 0.15) is 19.8 Å². The van der Waals surface area contributed by atoms with Crippen molar-refractivity contribution in [2.75, 3.05) is 13.2 Å². The second-order valence-electron chi connectivity index (χ2n) is 4.26. The van der Waals surface area contributed by atoms with E-state index >= 15 is 0 Å². The number of Topliss-reactive ketones (excluding diaryl/α,β-unsaturated/α-hetero) is 1. The van der Waals surface area contributed by atoms with Gasteiger partial charge in [-0.3, -0.25) is 4.79 Å². The van der Waals surface area contributed by atoms with Crippen LogP contribution >= 0.6 is 0 Å². The van der Waals surface area contributed by atoms with Crippen LogP contribution in [-0.4, -0.2) is 19.0 Å². The third-order valence-corrected chi connectivity index (χ3v) is 3.26. The molecule has 2 atom stereocenters. The minimum Gasteiger partial charge on any atom is -0.380 e. The lowest BCUT2D eigenvalue weighted by atomic mass is 9.88. The van der Waals surface area contributed by atoms with Crippen LogP contribution in [0.2, 0.25) is 0 Å². The lowest BCUT2D eigenvalue weighted by Gasteiger charge is -2.15. The summed E-state index contributed by atoms with van der Waals surface area (Å²) < 4.78 is 5.44. The van der Waals surface area contributed by atoms with Gasteiger partial charge in [0, 0.05) is 5.92 Å². The van der Waals surface area contributed by atoms with Crippen molar-refractivity contribution >= 4 is 5.78 Å². The van der Waals surface area contributed by atoms with Crippen molar-refractivity contribution in [1.29, 1.82) is 0 Å². The van der Waals surface area contributed by atoms with E-state index in [9.17, 15) is 4.79 Å². The molecule has 0 aromatic carbocycles. The number of ether oxygens (including phenoxy) is 1. The highest BCUT2D eigenvalue weighted by molar-refractivity contribution is 5.93. The molecule has 0 aromatic heterocycles. The molecule has 1 heterocycles. The van der Waals surface area contributed by atoms with E-state index in [0.29, 0.717) is 11.8 Å². The Bertz CT molecular complexity index is 301. The van der Waals surface area contributed by atoms with Crippen molar-refractivity contribution in [2.24, 2.45) is 11.8 Å². The number of hydrogen-bond donors (Lipinski definition) is 0. The predicted molar refractivity (Wildman–Crippen MR) is 54.9 cm³/mol. The minimum atomic E-state index is 0.187. The summed E-state index contributed by atoms with van der Waals surface area (Å²) in [6.07, 6.45) is 3.80. The molecule has 2 nitrogen and oxygen atoms in total. The topological polar surface area (TPSA) is 26.3 Å². The fraction of sp³-hybridized carbons (Fsp3) is 0.583. The molecule has 14 heavy (non-hydrogen) atoms. The van der Waals surface area contributed by atoms with Gasteiger partial charge in [0.1, 0.15) is 0 Å². The van der Waals surface area contributed by atoms with Gasteiger partial charge >= 0.3 is 0 Å². The van der Waals surface area contributed by atoms with E-state index in [1.807, 2.05) is 0 Å². The lowest BCUT2D eigenvalue weighted by molar-refractivity contribution is -0.113. The van der Waals surface area contributed by atoms with Gasteiger partial charge in [-0.05, 0) is 31.3 Å². The van der Waals surface area contributed by atoms with Gasteiger partial charge in [-0.25, -0.2) is 0 Å². The number of hydrogen-bond acceptors (Lipinski definition) is 2. The summed E-state index contributed by atoms with van der Waals surface area (Å²) in [5.41, 5.74) is 2.11. The van der Waals surface area contributed by atoms with Gasteiger partial charge in [0.2, 0.25) is 0 Å². The number of rotatable bonds is 1. The molecule has 0 bridgehead atoms. The average molecular weight is 192 g/mol. The Balaban J connectivity index is 2.19. The smallest absolute Gasteiger partial charge is 0.155 e. The molecule has 1 aliphatic carbocycles. The van der Waals surface area contributed by atoms with Gasteiger partial charge in [0.05, 0.1) is 13.2 Å².